The van der Waals surface area contributed by atoms with Crippen molar-refractivity contribution in [1.82, 2.24) is 20.2 Å². The molecule has 0 aliphatic rings. The quantitative estimate of drug-likeness (QED) is 0.849. The third-order valence-electron chi connectivity index (χ3n) is 2.17. The van der Waals surface area contributed by atoms with E-state index in [1.165, 1.54) is 0 Å². The van der Waals surface area contributed by atoms with Crippen LogP contribution in [0.1, 0.15) is 19.7 Å². The lowest BCUT2D eigenvalue weighted by Gasteiger charge is -2.10. The molecule has 2 aromatic rings. The van der Waals surface area contributed by atoms with Crippen LogP contribution in [0.5, 0.6) is 5.75 Å². The Morgan fingerprint density at radius 2 is 2.00 bits per heavy atom. The Bertz CT molecular complexity index is 477. The third kappa shape index (κ3) is 2.59. The minimum Gasteiger partial charge on any atom is -0.491 e. The van der Waals surface area contributed by atoms with Gasteiger partial charge < -0.3 is 10.5 Å². The van der Waals surface area contributed by atoms with Crippen molar-refractivity contribution in [2.24, 2.45) is 5.73 Å². The van der Waals surface area contributed by atoms with E-state index >= 15 is 0 Å². The van der Waals surface area contributed by atoms with Crippen molar-refractivity contribution >= 4 is 0 Å². The minimum atomic E-state index is 0.161. The van der Waals surface area contributed by atoms with Crippen LogP contribution in [0.2, 0.25) is 0 Å². The van der Waals surface area contributed by atoms with Gasteiger partial charge in [0.15, 0.2) is 5.82 Å². The molecule has 0 aliphatic heterocycles. The monoisotopic (exact) mass is 233 g/mol. The SMILES string of the molecule is CC(C)Oc1ccc(-n2nnnc2CN)cc1. The first kappa shape index (κ1) is 11.5. The zero-order chi connectivity index (χ0) is 12.3. The molecule has 0 spiro atoms. The predicted octanol–water partition coefficient (Wildman–Crippen LogP) is 0.908. The Hall–Kier alpha value is -1.95. The highest BCUT2D eigenvalue weighted by Gasteiger charge is 2.06. The number of tetrazole rings is 1. The summed E-state index contributed by atoms with van der Waals surface area (Å²) in [6, 6.07) is 7.56. The summed E-state index contributed by atoms with van der Waals surface area (Å²) in [6.07, 6.45) is 0.161. The summed E-state index contributed by atoms with van der Waals surface area (Å²) in [7, 11) is 0. The molecule has 0 radical (unpaired) electrons. The van der Waals surface area contributed by atoms with Crippen LogP contribution in [0.4, 0.5) is 0 Å². The van der Waals surface area contributed by atoms with Crippen LogP contribution in [0.3, 0.4) is 0 Å². The summed E-state index contributed by atoms with van der Waals surface area (Å²) in [5, 5.41) is 11.3. The van der Waals surface area contributed by atoms with E-state index in [1.807, 2.05) is 38.1 Å². The van der Waals surface area contributed by atoms with Gasteiger partial charge in [0.1, 0.15) is 5.75 Å². The lowest BCUT2D eigenvalue weighted by molar-refractivity contribution is 0.242. The standard InChI is InChI=1S/C11H15N5O/c1-8(2)17-10-5-3-9(4-6-10)16-11(7-12)13-14-15-16/h3-6,8H,7,12H2,1-2H3. The van der Waals surface area contributed by atoms with Crippen LogP contribution in [0.15, 0.2) is 24.3 Å². The summed E-state index contributed by atoms with van der Waals surface area (Å²) in [5.74, 6) is 1.45. The van der Waals surface area contributed by atoms with E-state index in [0.717, 1.165) is 11.4 Å². The summed E-state index contributed by atoms with van der Waals surface area (Å²) >= 11 is 0. The zero-order valence-corrected chi connectivity index (χ0v) is 9.87. The maximum atomic E-state index is 5.56. The summed E-state index contributed by atoms with van der Waals surface area (Å²) < 4.78 is 7.17. The topological polar surface area (TPSA) is 78.8 Å². The average Bonchev–Trinajstić information content (AvgIpc) is 2.77. The van der Waals surface area contributed by atoms with Crippen molar-refractivity contribution < 1.29 is 4.74 Å². The first-order valence-electron chi connectivity index (χ1n) is 5.45. The van der Waals surface area contributed by atoms with Gasteiger partial charge in [-0.3, -0.25) is 0 Å². The molecule has 1 aromatic carbocycles. The molecule has 0 amide bonds. The van der Waals surface area contributed by atoms with E-state index in [4.69, 9.17) is 10.5 Å². The fourth-order valence-corrected chi connectivity index (χ4v) is 1.47. The molecule has 6 heteroatoms. The minimum absolute atomic E-state index is 0.161. The highest BCUT2D eigenvalue weighted by molar-refractivity contribution is 5.37. The van der Waals surface area contributed by atoms with Crippen molar-refractivity contribution in [1.29, 1.82) is 0 Å². The van der Waals surface area contributed by atoms with Crippen molar-refractivity contribution in [2.45, 2.75) is 26.5 Å². The van der Waals surface area contributed by atoms with Crippen molar-refractivity contribution in [3.63, 3.8) is 0 Å². The third-order valence-corrected chi connectivity index (χ3v) is 2.17. The molecule has 0 unspecified atom stereocenters. The number of nitrogens with zero attached hydrogens (tertiary/aromatic N) is 4. The molecule has 1 heterocycles. The molecular formula is C11H15N5O. The molecule has 0 atom stereocenters. The number of ether oxygens (including phenoxy) is 1. The Morgan fingerprint density at radius 3 is 2.59 bits per heavy atom. The molecule has 90 valence electrons. The number of aromatic nitrogens is 4. The molecule has 2 rings (SSSR count). The maximum Gasteiger partial charge on any atom is 0.170 e. The molecule has 6 nitrogen and oxygen atoms in total. The van der Waals surface area contributed by atoms with Gasteiger partial charge in [-0.05, 0) is 48.5 Å². The van der Waals surface area contributed by atoms with E-state index in [0.29, 0.717) is 12.4 Å². The lowest BCUT2D eigenvalue weighted by Crippen LogP contribution is -2.08. The van der Waals surface area contributed by atoms with E-state index in [-0.39, 0.29) is 6.10 Å². The number of hydrogen-bond donors (Lipinski definition) is 1. The van der Waals surface area contributed by atoms with Crippen LogP contribution >= 0.6 is 0 Å². The first-order chi connectivity index (χ1) is 8.20. The normalized spacial score (nSPS) is 10.8. The van der Waals surface area contributed by atoms with Gasteiger partial charge in [0.25, 0.3) is 0 Å². The zero-order valence-electron chi connectivity index (χ0n) is 9.87. The Balaban J connectivity index is 2.23. The van der Waals surface area contributed by atoms with Crippen LogP contribution in [-0.2, 0) is 6.54 Å². The average molecular weight is 233 g/mol. The maximum absolute atomic E-state index is 5.56. The molecular weight excluding hydrogens is 218 g/mol. The fraction of sp³-hybridized carbons (Fsp3) is 0.364. The van der Waals surface area contributed by atoms with Crippen LogP contribution < -0.4 is 10.5 Å². The molecule has 0 fully saturated rings. The van der Waals surface area contributed by atoms with E-state index in [9.17, 15) is 0 Å². The van der Waals surface area contributed by atoms with Gasteiger partial charge in [0.2, 0.25) is 0 Å². The van der Waals surface area contributed by atoms with Gasteiger partial charge >= 0.3 is 0 Å². The van der Waals surface area contributed by atoms with Gasteiger partial charge in [-0.15, -0.1) is 5.10 Å². The largest absolute Gasteiger partial charge is 0.491 e. The van der Waals surface area contributed by atoms with Crippen LogP contribution in [0.25, 0.3) is 5.69 Å². The lowest BCUT2D eigenvalue weighted by atomic mass is 10.3. The van der Waals surface area contributed by atoms with Crippen molar-refractivity contribution in [2.75, 3.05) is 0 Å². The van der Waals surface area contributed by atoms with Gasteiger partial charge in [-0.1, -0.05) is 0 Å². The van der Waals surface area contributed by atoms with E-state index in [1.54, 1.807) is 4.68 Å². The Morgan fingerprint density at radius 1 is 1.29 bits per heavy atom. The second-order valence-electron chi connectivity index (χ2n) is 3.87. The van der Waals surface area contributed by atoms with Gasteiger partial charge in [0.05, 0.1) is 18.3 Å². The Labute approximate surface area is 99.4 Å². The summed E-state index contributed by atoms with van der Waals surface area (Å²) in [6.45, 7) is 4.28. The second kappa shape index (κ2) is 4.92. The molecule has 0 saturated carbocycles. The van der Waals surface area contributed by atoms with Gasteiger partial charge in [-0.25, -0.2) is 0 Å². The first-order valence-corrected chi connectivity index (χ1v) is 5.45. The van der Waals surface area contributed by atoms with Crippen molar-refractivity contribution in [3.05, 3.63) is 30.1 Å². The highest BCUT2D eigenvalue weighted by atomic mass is 16.5. The molecule has 1 aromatic heterocycles. The second-order valence-corrected chi connectivity index (χ2v) is 3.87. The van der Waals surface area contributed by atoms with Crippen LogP contribution in [0, 0.1) is 0 Å². The van der Waals surface area contributed by atoms with Crippen LogP contribution in [-0.4, -0.2) is 26.3 Å². The molecule has 0 aliphatic carbocycles. The molecule has 2 N–H and O–H groups in total. The Kier molecular flexibility index (Phi) is 3.34. The molecule has 0 saturated heterocycles. The van der Waals surface area contributed by atoms with Gasteiger partial charge in [-0.2, -0.15) is 4.68 Å². The predicted molar refractivity (Wildman–Crippen MR) is 62.8 cm³/mol. The number of nitrogens with two attached hydrogens (primary N) is 1. The summed E-state index contributed by atoms with van der Waals surface area (Å²) in [4.78, 5) is 0. The highest BCUT2D eigenvalue weighted by Crippen LogP contribution is 2.16. The summed E-state index contributed by atoms with van der Waals surface area (Å²) in [5.41, 5.74) is 6.41. The molecule has 17 heavy (non-hydrogen) atoms. The van der Waals surface area contributed by atoms with Crippen molar-refractivity contribution in [3.8, 4) is 11.4 Å². The number of benzene rings is 1. The number of hydrogen-bond acceptors (Lipinski definition) is 5. The molecule has 0 bridgehead atoms. The van der Waals surface area contributed by atoms with Gasteiger partial charge in [0, 0.05) is 0 Å². The smallest absolute Gasteiger partial charge is 0.170 e. The fourth-order valence-electron chi connectivity index (χ4n) is 1.47. The van der Waals surface area contributed by atoms with E-state index in [2.05, 4.69) is 15.5 Å². The van der Waals surface area contributed by atoms with E-state index < -0.39 is 0 Å². The number of rotatable bonds is 4.